The van der Waals surface area contributed by atoms with Gasteiger partial charge in [-0.25, -0.2) is 12.8 Å². The summed E-state index contributed by atoms with van der Waals surface area (Å²) in [5.74, 6) is -0.371. The van der Waals surface area contributed by atoms with Gasteiger partial charge in [0.1, 0.15) is 5.82 Å². The van der Waals surface area contributed by atoms with Crippen molar-refractivity contribution in [3.63, 3.8) is 0 Å². The summed E-state index contributed by atoms with van der Waals surface area (Å²) in [6.07, 6.45) is 0.757. The molecule has 3 rings (SSSR count). The average Bonchev–Trinajstić information content (AvgIpc) is 2.75. The van der Waals surface area contributed by atoms with E-state index in [1.54, 1.807) is 13.2 Å². The monoisotopic (exact) mass is 470 g/mol. The zero-order valence-electron chi connectivity index (χ0n) is 17.3. The molecule has 168 valence electrons. The number of sulfonamides is 1. The van der Waals surface area contributed by atoms with Crippen LogP contribution in [0.5, 0.6) is 11.5 Å². The van der Waals surface area contributed by atoms with Crippen molar-refractivity contribution >= 4 is 27.5 Å². The van der Waals surface area contributed by atoms with Gasteiger partial charge in [0.05, 0.1) is 30.6 Å². The van der Waals surface area contributed by atoms with E-state index in [1.807, 2.05) is 6.07 Å². The molecule has 1 N–H and O–H groups in total. The van der Waals surface area contributed by atoms with Crippen LogP contribution in [-0.2, 0) is 23.0 Å². The molecule has 0 aromatic heterocycles. The highest BCUT2D eigenvalue weighted by molar-refractivity contribution is 7.89. The van der Waals surface area contributed by atoms with Gasteiger partial charge in [0.15, 0.2) is 11.5 Å². The molecule has 2 aromatic carbocycles. The Hall–Kier alpha value is -2.36. The normalized spacial score (nSPS) is 14.1. The molecule has 1 amide bonds. The number of carbonyl (C=O) groups excluding carboxylic acids is 1. The van der Waals surface area contributed by atoms with Gasteiger partial charge in [0.25, 0.3) is 5.91 Å². The number of nitrogens with zero attached hydrogens (tertiary/aromatic N) is 1. The van der Waals surface area contributed by atoms with E-state index in [9.17, 15) is 17.6 Å². The van der Waals surface area contributed by atoms with E-state index < -0.39 is 21.7 Å². The molecule has 7 nitrogen and oxygen atoms in total. The smallest absolute Gasteiger partial charge is 0.255 e. The summed E-state index contributed by atoms with van der Waals surface area (Å²) in [6.45, 7) is 0.690. The van der Waals surface area contributed by atoms with Crippen LogP contribution in [-0.4, -0.2) is 51.7 Å². The number of hydrogen-bond donors (Lipinski definition) is 1. The molecule has 0 aliphatic carbocycles. The maximum absolute atomic E-state index is 13.8. The second kappa shape index (κ2) is 9.84. The first-order valence-electron chi connectivity index (χ1n) is 9.70. The highest BCUT2D eigenvalue weighted by atomic mass is 35.5. The summed E-state index contributed by atoms with van der Waals surface area (Å²) in [4.78, 5) is 12.1. The highest BCUT2D eigenvalue weighted by Gasteiger charge is 2.27. The SMILES string of the molecule is COc1cc2c(cc1OC)CN(S(=O)(=O)CCCNC(=O)c1c(F)cccc1Cl)CC2. The highest BCUT2D eigenvalue weighted by Crippen LogP contribution is 2.33. The summed E-state index contributed by atoms with van der Waals surface area (Å²) in [7, 11) is -0.440. The molecular weight excluding hydrogens is 447 g/mol. The molecule has 31 heavy (non-hydrogen) atoms. The second-order valence-electron chi connectivity index (χ2n) is 7.08. The van der Waals surface area contributed by atoms with Crippen molar-refractivity contribution in [3.05, 3.63) is 57.9 Å². The maximum atomic E-state index is 13.8. The fourth-order valence-corrected chi connectivity index (χ4v) is 5.20. The van der Waals surface area contributed by atoms with Gasteiger partial charge >= 0.3 is 0 Å². The molecular formula is C21H24ClFN2O5S. The summed E-state index contributed by atoms with van der Waals surface area (Å²) in [5, 5.41) is 2.53. The van der Waals surface area contributed by atoms with E-state index in [2.05, 4.69) is 5.32 Å². The van der Waals surface area contributed by atoms with Crippen LogP contribution in [0.25, 0.3) is 0 Å². The lowest BCUT2D eigenvalue weighted by Crippen LogP contribution is -2.38. The van der Waals surface area contributed by atoms with E-state index in [4.69, 9.17) is 21.1 Å². The largest absolute Gasteiger partial charge is 0.493 e. The molecule has 0 fully saturated rings. The summed E-state index contributed by atoms with van der Waals surface area (Å²) >= 11 is 5.87. The van der Waals surface area contributed by atoms with Crippen molar-refractivity contribution < 1.29 is 27.1 Å². The molecule has 1 aliphatic heterocycles. The Labute approximate surface area is 186 Å². The van der Waals surface area contributed by atoms with Crippen LogP contribution in [0, 0.1) is 5.82 Å². The average molecular weight is 471 g/mol. The van der Waals surface area contributed by atoms with Crippen molar-refractivity contribution in [2.24, 2.45) is 0 Å². The molecule has 10 heteroatoms. The number of carbonyl (C=O) groups is 1. The number of halogens is 2. The number of fused-ring (bicyclic) bond motifs is 1. The third-order valence-corrected chi connectivity index (χ3v) is 7.35. The third-order valence-electron chi connectivity index (χ3n) is 5.13. The summed E-state index contributed by atoms with van der Waals surface area (Å²) in [6, 6.07) is 7.64. The van der Waals surface area contributed by atoms with Crippen molar-refractivity contribution in [2.45, 2.75) is 19.4 Å². The quantitative estimate of drug-likeness (QED) is 0.599. The van der Waals surface area contributed by atoms with Crippen molar-refractivity contribution in [1.29, 1.82) is 0 Å². The predicted octanol–water partition coefficient (Wildman–Crippen LogP) is 3.00. The van der Waals surface area contributed by atoms with E-state index in [-0.39, 0.29) is 35.8 Å². The molecule has 0 radical (unpaired) electrons. The Balaban J connectivity index is 1.58. The summed E-state index contributed by atoms with van der Waals surface area (Å²) in [5.41, 5.74) is 1.65. The lowest BCUT2D eigenvalue weighted by atomic mass is 10.0. The van der Waals surface area contributed by atoms with Gasteiger partial charge in [-0.05, 0) is 48.2 Å². The minimum absolute atomic E-state index is 0.00385. The molecule has 0 unspecified atom stereocenters. The molecule has 1 aliphatic rings. The van der Waals surface area contributed by atoms with Crippen LogP contribution in [0.15, 0.2) is 30.3 Å². The number of nitrogens with one attached hydrogen (secondary N) is 1. The zero-order chi connectivity index (χ0) is 22.6. The first-order chi connectivity index (χ1) is 14.8. The van der Waals surface area contributed by atoms with E-state index in [1.165, 1.54) is 23.5 Å². The molecule has 0 spiro atoms. The maximum Gasteiger partial charge on any atom is 0.255 e. The van der Waals surface area contributed by atoms with Crippen LogP contribution in [0.1, 0.15) is 27.9 Å². The fraction of sp³-hybridized carbons (Fsp3) is 0.381. The van der Waals surface area contributed by atoms with Gasteiger partial charge in [-0.2, -0.15) is 4.31 Å². The van der Waals surface area contributed by atoms with Crippen LogP contribution in [0.2, 0.25) is 5.02 Å². The van der Waals surface area contributed by atoms with Crippen LogP contribution in [0.4, 0.5) is 4.39 Å². The van der Waals surface area contributed by atoms with Gasteiger partial charge in [-0.15, -0.1) is 0 Å². The first-order valence-corrected chi connectivity index (χ1v) is 11.7. The van der Waals surface area contributed by atoms with Gasteiger partial charge in [0.2, 0.25) is 10.0 Å². The topological polar surface area (TPSA) is 84.9 Å². The minimum atomic E-state index is -3.53. The van der Waals surface area contributed by atoms with Crippen LogP contribution in [0.3, 0.4) is 0 Å². The first kappa shape index (κ1) is 23.3. The number of benzene rings is 2. The van der Waals surface area contributed by atoms with Gasteiger partial charge in [-0.1, -0.05) is 17.7 Å². The number of ether oxygens (including phenoxy) is 2. The number of rotatable bonds is 8. The third kappa shape index (κ3) is 5.28. The van der Waals surface area contributed by atoms with Crippen LogP contribution >= 0.6 is 11.6 Å². The predicted molar refractivity (Wildman–Crippen MR) is 116 cm³/mol. The molecule has 2 aromatic rings. The van der Waals surface area contributed by atoms with E-state index in [0.717, 1.165) is 17.2 Å². The van der Waals surface area contributed by atoms with E-state index in [0.29, 0.717) is 24.5 Å². The van der Waals surface area contributed by atoms with E-state index >= 15 is 0 Å². The molecule has 0 bridgehead atoms. The fourth-order valence-electron chi connectivity index (χ4n) is 3.48. The number of hydrogen-bond acceptors (Lipinski definition) is 5. The number of amides is 1. The van der Waals surface area contributed by atoms with Gasteiger partial charge in [0, 0.05) is 19.6 Å². The van der Waals surface area contributed by atoms with Gasteiger partial charge in [-0.3, -0.25) is 4.79 Å². The second-order valence-corrected chi connectivity index (χ2v) is 9.58. The van der Waals surface area contributed by atoms with Crippen molar-refractivity contribution in [3.8, 4) is 11.5 Å². The minimum Gasteiger partial charge on any atom is -0.493 e. The Bertz CT molecular complexity index is 1060. The molecule has 0 saturated carbocycles. The lowest BCUT2D eigenvalue weighted by Gasteiger charge is -2.29. The molecule has 1 heterocycles. The van der Waals surface area contributed by atoms with Crippen LogP contribution < -0.4 is 14.8 Å². The van der Waals surface area contributed by atoms with Crippen molar-refractivity contribution in [2.75, 3.05) is 33.1 Å². The van der Waals surface area contributed by atoms with Gasteiger partial charge < -0.3 is 14.8 Å². The zero-order valence-corrected chi connectivity index (χ0v) is 18.9. The van der Waals surface area contributed by atoms with Crippen molar-refractivity contribution in [1.82, 2.24) is 9.62 Å². The summed E-state index contributed by atoms with van der Waals surface area (Å²) < 4.78 is 51.4. The Morgan fingerprint density at radius 1 is 1.19 bits per heavy atom. The molecule has 0 atom stereocenters. The standard InChI is InChI=1S/C21H24ClFN2O5S/c1-29-18-11-14-7-9-25(13-15(14)12-19(18)30-2)31(27,28)10-4-8-24-21(26)20-16(22)5-3-6-17(20)23/h3,5-6,11-12H,4,7-10,13H2,1-2H3,(H,24,26). The molecule has 0 saturated heterocycles. The lowest BCUT2D eigenvalue weighted by molar-refractivity contribution is 0.0949. The Kier molecular flexibility index (Phi) is 7.40. The Morgan fingerprint density at radius 3 is 2.52 bits per heavy atom. The Morgan fingerprint density at radius 2 is 1.87 bits per heavy atom. The number of methoxy groups -OCH3 is 2.